The Kier molecular flexibility index (Phi) is 6.92. The third kappa shape index (κ3) is 5.21. The van der Waals surface area contributed by atoms with Gasteiger partial charge in [0.1, 0.15) is 0 Å². The zero-order chi connectivity index (χ0) is 22.6. The minimum absolute atomic E-state index is 0.166. The number of aryl methyl sites for hydroxylation is 2. The Hall–Kier alpha value is -2.97. The largest absolute Gasteiger partial charge is 0.355 e. The molecule has 0 unspecified atom stereocenters. The minimum Gasteiger partial charge on any atom is -0.355 e. The van der Waals surface area contributed by atoms with Gasteiger partial charge in [0.15, 0.2) is 0 Å². The first-order valence-electron chi connectivity index (χ1n) is 10.1. The third-order valence-corrected chi connectivity index (χ3v) is 7.38. The number of benzene rings is 2. The van der Waals surface area contributed by atoms with Gasteiger partial charge in [-0.1, -0.05) is 29.8 Å². The minimum atomic E-state index is -3.58. The van der Waals surface area contributed by atoms with E-state index in [1.54, 1.807) is 61.3 Å². The molecule has 3 rings (SSSR count). The summed E-state index contributed by atoms with van der Waals surface area (Å²) in [7, 11) is -2.01. The molecule has 0 atom stereocenters. The molecule has 2 amide bonds. The average molecular weight is 442 g/mol. The number of amides is 2. The Morgan fingerprint density at radius 1 is 0.968 bits per heavy atom. The van der Waals surface area contributed by atoms with E-state index in [4.69, 9.17) is 0 Å². The Labute approximate surface area is 183 Å². The van der Waals surface area contributed by atoms with Crippen molar-refractivity contribution in [1.82, 2.24) is 14.5 Å². The van der Waals surface area contributed by atoms with Gasteiger partial charge in [-0.05, 0) is 49.2 Å². The van der Waals surface area contributed by atoms with Crippen LogP contribution in [0.2, 0.25) is 0 Å². The Morgan fingerprint density at radius 3 is 2.19 bits per heavy atom. The van der Waals surface area contributed by atoms with Crippen molar-refractivity contribution in [3.05, 3.63) is 70.8 Å². The third-order valence-electron chi connectivity index (χ3n) is 5.32. The van der Waals surface area contributed by atoms with Crippen LogP contribution in [0.1, 0.15) is 27.0 Å². The fourth-order valence-corrected chi connectivity index (χ4v) is 5.17. The second kappa shape index (κ2) is 9.45. The lowest BCUT2D eigenvalue weighted by molar-refractivity contribution is -0.127. The van der Waals surface area contributed by atoms with E-state index in [0.29, 0.717) is 23.5 Å². The molecular formula is C23H27N3O4S. The number of carbonyl (C=O) groups is 2. The maximum Gasteiger partial charge on any atom is 0.251 e. The van der Waals surface area contributed by atoms with E-state index in [0.717, 1.165) is 16.7 Å². The van der Waals surface area contributed by atoms with Crippen molar-refractivity contribution in [2.75, 3.05) is 33.2 Å². The van der Waals surface area contributed by atoms with E-state index in [1.165, 1.54) is 10.4 Å². The first kappa shape index (κ1) is 22.7. The molecule has 1 heterocycles. The van der Waals surface area contributed by atoms with Crippen molar-refractivity contribution in [3.63, 3.8) is 0 Å². The first-order valence-corrected chi connectivity index (χ1v) is 11.5. The molecule has 0 saturated carbocycles. The van der Waals surface area contributed by atoms with Gasteiger partial charge in [0.05, 0.1) is 4.90 Å². The van der Waals surface area contributed by atoms with Crippen LogP contribution in [0.3, 0.4) is 0 Å². The molecule has 31 heavy (non-hydrogen) atoms. The molecule has 1 fully saturated rings. The second-order valence-corrected chi connectivity index (χ2v) is 9.44. The van der Waals surface area contributed by atoms with Crippen LogP contribution in [0, 0.1) is 13.8 Å². The van der Waals surface area contributed by atoms with Gasteiger partial charge in [0.2, 0.25) is 15.9 Å². The zero-order valence-electron chi connectivity index (χ0n) is 18.0. The molecular weight excluding hydrogens is 414 g/mol. The van der Waals surface area contributed by atoms with Crippen molar-refractivity contribution in [2.24, 2.45) is 0 Å². The second-order valence-electron chi connectivity index (χ2n) is 7.53. The molecule has 0 radical (unpaired) electrons. The van der Waals surface area contributed by atoms with E-state index in [9.17, 15) is 18.0 Å². The molecule has 2 aromatic rings. The zero-order valence-corrected chi connectivity index (χ0v) is 18.8. The van der Waals surface area contributed by atoms with Gasteiger partial charge >= 0.3 is 0 Å². The Balaban J connectivity index is 1.60. The summed E-state index contributed by atoms with van der Waals surface area (Å²) < 4.78 is 27.4. The number of piperazine rings is 1. The molecule has 1 aliphatic heterocycles. The van der Waals surface area contributed by atoms with E-state index in [2.05, 4.69) is 5.32 Å². The summed E-state index contributed by atoms with van der Waals surface area (Å²) >= 11 is 0. The highest BCUT2D eigenvalue weighted by molar-refractivity contribution is 7.89. The van der Waals surface area contributed by atoms with Crippen molar-refractivity contribution in [1.29, 1.82) is 0 Å². The lowest BCUT2D eigenvalue weighted by Gasteiger charge is -2.33. The smallest absolute Gasteiger partial charge is 0.251 e. The summed E-state index contributed by atoms with van der Waals surface area (Å²) in [4.78, 5) is 26.1. The number of sulfonamides is 1. The highest BCUT2D eigenvalue weighted by Crippen LogP contribution is 2.22. The number of nitrogens with zero attached hydrogens (tertiary/aromatic N) is 2. The molecule has 0 spiro atoms. The van der Waals surface area contributed by atoms with Gasteiger partial charge in [-0.15, -0.1) is 0 Å². The van der Waals surface area contributed by atoms with Crippen LogP contribution in [0.5, 0.6) is 0 Å². The van der Waals surface area contributed by atoms with Crippen molar-refractivity contribution in [2.45, 2.75) is 18.7 Å². The topological polar surface area (TPSA) is 86.8 Å². The van der Waals surface area contributed by atoms with E-state index >= 15 is 0 Å². The molecule has 8 heteroatoms. The predicted octanol–water partition coefficient (Wildman–Crippen LogP) is 2.21. The SMILES string of the molecule is CNC(=O)c1ccc(/C=C/C(=O)N2CCN(S(=O)(=O)c3ccc(C)cc3C)CC2)cc1. The highest BCUT2D eigenvalue weighted by atomic mass is 32.2. The summed E-state index contributed by atoms with van der Waals surface area (Å²) in [6.45, 7) is 4.92. The quantitative estimate of drug-likeness (QED) is 0.721. The lowest BCUT2D eigenvalue weighted by atomic mass is 10.1. The van der Waals surface area contributed by atoms with Gasteiger partial charge in [-0.25, -0.2) is 8.42 Å². The van der Waals surface area contributed by atoms with E-state index < -0.39 is 10.0 Å². The molecule has 7 nitrogen and oxygen atoms in total. The van der Waals surface area contributed by atoms with Crippen molar-refractivity contribution in [3.8, 4) is 0 Å². The summed E-state index contributed by atoms with van der Waals surface area (Å²) in [6.07, 6.45) is 3.16. The maximum absolute atomic E-state index is 13.0. The molecule has 0 bridgehead atoms. The molecule has 1 saturated heterocycles. The van der Waals surface area contributed by atoms with Crippen LogP contribution in [0.4, 0.5) is 0 Å². The normalized spacial score (nSPS) is 15.3. The molecule has 0 aromatic heterocycles. The monoisotopic (exact) mass is 441 g/mol. The summed E-state index contributed by atoms with van der Waals surface area (Å²) in [6, 6.07) is 12.2. The number of carbonyl (C=O) groups excluding carboxylic acids is 2. The predicted molar refractivity (Wildman–Crippen MR) is 120 cm³/mol. The van der Waals surface area contributed by atoms with Crippen LogP contribution < -0.4 is 5.32 Å². The van der Waals surface area contributed by atoms with Crippen molar-refractivity contribution < 1.29 is 18.0 Å². The number of rotatable bonds is 5. The maximum atomic E-state index is 13.0. The van der Waals surface area contributed by atoms with Gasteiger partial charge in [0.25, 0.3) is 5.91 Å². The van der Waals surface area contributed by atoms with Gasteiger partial charge in [-0.3, -0.25) is 9.59 Å². The molecule has 0 aliphatic carbocycles. The molecule has 2 aromatic carbocycles. The van der Waals surface area contributed by atoms with E-state index in [1.807, 2.05) is 13.0 Å². The van der Waals surface area contributed by atoms with Crippen LogP contribution >= 0.6 is 0 Å². The van der Waals surface area contributed by atoms with E-state index in [-0.39, 0.29) is 24.9 Å². The van der Waals surface area contributed by atoms with Crippen LogP contribution in [-0.2, 0) is 14.8 Å². The molecule has 164 valence electrons. The van der Waals surface area contributed by atoms with Gasteiger partial charge in [0, 0.05) is 44.9 Å². The van der Waals surface area contributed by atoms with Crippen molar-refractivity contribution >= 4 is 27.9 Å². The summed E-state index contributed by atoms with van der Waals surface area (Å²) in [5, 5.41) is 2.56. The first-order chi connectivity index (χ1) is 14.7. The summed E-state index contributed by atoms with van der Waals surface area (Å²) in [5.74, 6) is -0.334. The van der Waals surface area contributed by atoms with Gasteiger partial charge in [-0.2, -0.15) is 4.31 Å². The van der Waals surface area contributed by atoms with Crippen LogP contribution in [-0.4, -0.2) is 62.7 Å². The highest BCUT2D eigenvalue weighted by Gasteiger charge is 2.30. The fraction of sp³-hybridized carbons (Fsp3) is 0.304. The molecule has 1 aliphatic rings. The standard InChI is InChI=1S/C23H27N3O4S/c1-17-4-10-21(18(2)16-17)31(29,30)26-14-12-25(13-15-26)22(27)11-7-19-5-8-20(9-6-19)23(28)24-3/h4-11,16H,12-15H2,1-3H3,(H,24,28)/b11-7+. The Bertz CT molecular complexity index is 1100. The fourth-order valence-electron chi connectivity index (χ4n) is 3.54. The number of hydrogen-bond acceptors (Lipinski definition) is 4. The lowest BCUT2D eigenvalue weighted by Crippen LogP contribution is -2.50. The Morgan fingerprint density at radius 2 is 1.61 bits per heavy atom. The number of nitrogens with one attached hydrogen (secondary N) is 1. The average Bonchev–Trinajstić information content (AvgIpc) is 2.77. The van der Waals surface area contributed by atoms with Gasteiger partial charge < -0.3 is 10.2 Å². The number of hydrogen-bond donors (Lipinski definition) is 1. The summed E-state index contributed by atoms with van der Waals surface area (Å²) in [5.41, 5.74) is 3.09. The molecule has 1 N–H and O–H groups in total. The van der Waals surface area contributed by atoms with Crippen LogP contribution in [0.15, 0.2) is 53.4 Å². The van der Waals surface area contributed by atoms with Crippen LogP contribution in [0.25, 0.3) is 6.08 Å².